The average molecular weight is 352 g/mol. The number of fused-ring (bicyclic) bond motifs is 1. The van der Waals surface area contributed by atoms with Crippen molar-refractivity contribution in [3.8, 4) is 0 Å². The third-order valence-electron chi connectivity index (χ3n) is 3.81. The minimum absolute atomic E-state index is 0.593. The predicted octanol–water partition coefficient (Wildman–Crippen LogP) is 1.13. The molecule has 0 aromatic carbocycles. The molecule has 0 amide bonds. The van der Waals surface area contributed by atoms with Crippen molar-refractivity contribution in [1.29, 1.82) is 0 Å². The quantitative estimate of drug-likeness (QED) is 0.619. The van der Waals surface area contributed by atoms with Crippen molar-refractivity contribution >= 4 is 38.7 Å². The largest absolute Gasteiger partial charge is 0.351 e. The van der Waals surface area contributed by atoms with Gasteiger partial charge >= 0.3 is 0 Å². The molecule has 0 bridgehead atoms. The summed E-state index contributed by atoms with van der Waals surface area (Å²) < 4.78 is 0.916. The number of nitrogens with two attached hydrogens (primary N) is 1. The first kappa shape index (κ1) is 14.4. The summed E-state index contributed by atoms with van der Waals surface area (Å²) in [5, 5.41) is 0. The van der Waals surface area contributed by atoms with Crippen LogP contribution in [0.15, 0.2) is 10.7 Å². The van der Waals surface area contributed by atoms with Crippen molar-refractivity contribution in [3.63, 3.8) is 0 Å². The van der Waals surface area contributed by atoms with Crippen LogP contribution in [0, 0.1) is 6.92 Å². The van der Waals surface area contributed by atoms with Gasteiger partial charge in [-0.1, -0.05) is 0 Å². The number of hydrogen-bond acceptors (Lipinski definition) is 7. The highest BCUT2D eigenvalue weighted by Gasteiger charge is 2.20. The number of anilines is 2. The minimum Gasteiger partial charge on any atom is -0.351 e. The monoisotopic (exact) mass is 351 g/mol. The first-order chi connectivity index (χ1) is 10.1. The van der Waals surface area contributed by atoms with Gasteiger partial charge in [0.15, 0.2) is 17.3 Å². The van der Waals surface area contributed by atoms with Crippen LogP contribution >= 0.6 is 15.9 Å². The topological polar surface area (TPSA) is 83.2 Å². The zero-order chi connectivity index (χ0) is 15.0. The van der Waals surface area contributed by atoms with Crippen molar-refractivity contribution in [2.24, 2.45) is 5.84 Å². The van der Waals surface area contributed by atoms with Gasteiger partial charge in [0.25, 0.3) is 0 Å². The number of halogens is 1. The van der Waals surface area contributed by atoms with E-state index in [2.05, 4.69) is 53.2 Å². The highest BCUT2D eigenvalue weighted by Crippen LogP contribution is 2.28. The normalized spacial score (nSPS) is 16.5. The van der Waals surface area contributed by atoms with Crippen LogP contribution in [0.3, 0.4) is 0 Å². The fourth-order valence-electron chi connectivity index (χ4n) is 2.42. The van der Waals surface area contributed by atoms with E-state index in [-0.39, 0.29) is 0 Å². The summed E-state index contributed by atoms with van der Waals surface area (Å²) in [6.45, 7) is 5.79. The number of piperazine rings is 1. The van der Waals surface area contributed by atoms with Gasteiger partial charge in [-0.15, -0.1) is 0 Å². The Morgan fingerprint density at radius 2 is 1.95 bits per heavy atom. The number of nitrogen functional groups attached to an aromatic ring is 1. The number of nitrogens with one attached hydrogen (secondary N) is 1. The van der Waals surface area contributed by atoms with Crippen LogP contribution in [0.1, 0.15) is 5.56 Å². The second-order valence-corrected chi connectivity index (χ2v) is 6.09. The lowest BCUT2D eigenvalue weighted by Gasteiger charge is -2.33. The Morgan fingerprint density at radius 3 is 2.62 bits per heavy atom. The minimum atomic E-state index is 0.593. The molecule has 0 spiro atoms. The zero-order valence-corrected chi connectivity index (χ0v) is 13.7. The summed E-state index contributed by atoms with van der Waals surface area (Å²) in [6.07, 6.45) is 1.76. The van der Waals surface area contributed by atoms with Crippen LogP contribution in [-0.2, 0) is 0 Å². The Morgan fingerprint density at radius 1 is 1.24 bits per heavy atom. The maximum absolute atomic E-state index is 5.64. The van der Waals surface area contributed by atoms with E-state index in [0.29, 0.717) is 11.5 Å². The molecular weight excluding hydrogens is 334 g/mol. The number of aromatic nitrogens is 3. The van der Waals surface area contributed by atoms with E-state index in [1.54, 1.807) is 6.20 Å². The summed E-state index contributed by atoms with van der Waals surface area (Å²) in [6, 6.07) is 0. The molecule has 3 N–H and O–H groups in total. The molecular formula is C13H18BrN7. The molecule has 1 saturated heterocycles. The van der Waals surface area contributed by atoms with Gasteiger partial charge in [0.05, 0.1) is 0 Å². The molecule has 1 aliphatic rings. The van der Waals surface area contributed by atoms with Gasteiger partial charge in [0, 0.05) is 36.8 Å². The summed E-state index contributed by atoms with van der Waals surface area (Å²) in [5.74, 6) is 7.01. The smallest absolute Gasteiger partial charge is 0.184 e. The van der Waals surface area contributed by atoms with E-state index in [1.807, 2.05) is 6.92 Å². The van der Waals surface area contributed by atoms with E-state index in [4.69, 9.17) is 5.84 Å². The van der Waals surface area contributed by atoms with Crippen molar-refractivity contribution in [1.82, 2.24) is 19.9 Å². The fourth-order valence-corrected chi connectivity index (χ4v) is 2.71. The van der Waals surface area contributed by atoms with Crippen LogP contribution in [0.25, 0.3) is 11.2 Å². The molecule has 2 aromatic rings. The molecule has 3 heterocycles. The van der Waals surface area contributed by atoms with E-state index >= 15 is 0 Å². The lowest BCUT2D eigenvalue weighted by Crippen LogP contribution is -2.45. The molecule has 112 valence electrons. The molecule has 0 aliphatic carbocycles. The molecule has 3 rings (SSSR count). The number of nitrogens with zero attached hydrogens (tertiary/aromatic N) is 5. The molecule has 1 aliphatic heterocycles. The average Bonchev–Trinajstić information content (AvgIpc) is 2.51. The highest BCUT2D eigenvalue weighted by molar-refractivity contribution is 9.10. The number of aryl methyl sites for hydroxylation is 1. The van der Waals surface area contributed by atoms with E-state index < -0.39 is 0 Å². The van der Waals surface area contributed by atoms with Gasteiger partial charge in [-0.3, -0.25) is 0 Å². The van der Waals surface area contributed by atoms with Gasteiger partial charge < -0.3 is 15.2 Å². The Hall–Kier alpha value is -1.51. The molecule has 8 heteroatoms. The van der Waals surface area contributed by atoms with Crippen LogP contribution in [0.2, 0.25) is 0 Å². The Kier molecular flexibility index (Phi) is 3.92. The SMILES string of the molecule is Cc1c(Br)cnc2nc(N3CCN(C)CC3)c(NN)nc12. The first-order valence-electron chi connectivity index (χ1n) is 6.83. The molecule has 0 unspecified atom stereocenters. The lowest BCUT2D eigenvalue weighted by molar-refractivity contribution is 0.312. The van der Waals surface area contributed by atoms with Gasteiger partial charge in [0.2, 0.25) is 0 Å². The van der Waals surface area contributed by atoms with Gasteiger partial charge in [-0.2, -0.15) is 0 Å². The highest BCUT2D eigenvalue weighted by atomic mass is 79.9. The third kappa shape index (κ3) is 2.66. The van der Waals surface area contributed by atoms with E-state index in [1.165, 1.54) is 0 Å². The molecule has 0 atom stereocenters. The summed E-state index contributed by atoms with van der Waals surface area (Å²) in [4.78, 5) is 18.1. The Labute approximate surface area is 131 Å². The van der Waals surface area contributed by atoms with Crippen LogP contribution < -0.4 is 16.2 Å². The standard InChI is InChI=1S/C13H18BrN7/c1-8-9(14)7-16-11-10(8)17-12(19-15)13(18-11)21-5-3-20(2)4-6-21/h7H,3-6,15H2,1-2H3,(H,17,19). The summed E-state index contributed by atoms with van der Waals surface area (Å²) >= 11 is 3.47. The van der Waals surface area contributed by atoms with Gasteiger partial charge in [-0.05, 0) is 35.5 Å². The number of likely N-dealkylation sites (N-methyl/N-ethyl adjacent to an activating group) is 1. The maximum atomic E-state index is 5.64. The molecule has 7 nitrogen and oxygen atoms in total. The van der Waals surface area contributed by atoms with Crippen molar-refractivity contribution in [3.05, 3.63) is 16.2 Å². The zero-order valence-electron chi connectivity index (χ0n) is 12.1. The molecule has 0 radical (unpaired) electrons. The first-order valence-corrected chi connectivity index (χ1v) is 7.62. The number of rotatable bonds is 2. The Bertz CT molecular complexity index is 667. The second kappa shape index (κ2) is 5.70. The van der Waals surface area contributed by atoms with Crippen LogP contribution in [0.5, 0.6) is 0 Å². The van der Waals surface area contributed by atoms with Crippen molar-refractivity contribution < 1.29 is 0 Å². The summed E-state index contributed by atoms with van der Waals surface area (Å²) in [5.41, 5.74) is 5.08. The number of hydrazine groups is 1. The number of hydrogen-bond donors (Lipinski definition) is 2. The van der Waals surface area contributed by atoms with E-state index in [9.17, 15) is 0 Å². The number of pyridine rings is 1. The van der Waals surface area contributed by atoms with Crippen LogP contribution in [0.4, 0.5) is 11.6 Å². The second-order valence-electron chi connectivity index (χ2n) is 5.23. The van der Waals surface area contributed by atoms with Crippen LogP contribution in [-0.4, -0.2) is 53.1 Å². The molecule has 21 heavy (non-hydrogen) atoms. The van der Waals surface area contributed by atoms with E-state index in [0.717, 1.165) is 47.5 Å². The third-order valence-corrected chi connectivity index (χ3v) is 4.61. The lowest BCUT2D eigenvalue weighted by atomic mass is 10.2. The summed E-state index contributed by atoms with van der Waals surface area (Å²) in [7, 11) is 2.12. The van der Waals surface area contributed by atoms with Crippen molar-refractivity contribution in [2.75, 3.05) is 43.6 Å². The Balaban J connectivity index is 2.08. The molecule has 1 fully saturated rings. The fraction of sp³-hybridized carbons (Fsp3) is 0.462. The predicted molar refractivity (Wildman–Crippen MR) is 87.3 cm³/mol. The van der Waals surface area contributed by atoms with Crippen molar-refractivity contribution in [2.45, 2.75) is 6.92 Å². The molecule has 2 aromatic heterocycles. The maximum Gasteiger partial charge on any atom is 0.184 e. The van der Waals surface area contributed by atoms with Gasteiger partial charge in [-0.25, -0.2) is 20.8 Å². The van der Waals surface area contributed by atoms with Gasteiger partial charge in [0.1, 0.15) is 5.52 Å². The molecule has 0 saturated carbocycles.